The number of carbonyl (C=O) groups is 1. The van der Waals surface area contributed by atoms with E-state index in [0.29, 0.717) is 33.7 Å². The standard InChI is InChI=1S/C27H25N3O5S/c1-4-34-18-11-9-16(10-12-18)13-21-25(31)30-24(29)23(27(32)33-3)22(20(15-28)26(30)36-21)17-7-6-8-19(14-17)35-5-2/h6-14,22H,4-5,29H2,1-3H3/b21-13+/t22-/m0/s1. The third-order valence-corrected chi connectivity index (χ3v) is 6.77. The summed E-state index contributed by atoms with van der Waals surface area (Å²) in [6.45, 7) is 4.78. The molecule has 0 saturated carbocycles. The monoisotopic (exact) mass is 503 g/mol. The molecule has 36 heavy (non-hydrogen) atoms. The summed E-state index contributed by atoms with van der Waals surface area (Å²) >= 11 is 1.15. The van der Waals surface area contributed by atoms with E-state index in [2.05, 4.69) is 6.07 Å². The number of esters is 1. The maximum absolute atomic E-state index is 13.4. The summed E-state index contributed by atoms with van der Waals surface area (Å²) in [5.74, 6) is -0.278. The van der Waals surface area contributed by atoms with Gasteiger partial charge >= 0.3 is 5.97 Å². The number of thiazole rings is 1. The maximum atomic E-state index is 13.4. The van der Waals surface area contributed by atoms with Crippen molar-refractivity contribution in [3.8, 4) is 17.6 Å². The van der Waals surface area contributed by atoms with Crippen molar-refractivity contribution in [3.05, 3.63) is 84.8 Å². The predicted octanol–water partition coefficient (Wildman–Crippen LogP) is 2.31. The Bertz CT molecular complexity index is 1560. The van der Waals surface area contributed by atoms with Gasteiger partial charge in [-0.15, -0.1) is 11.3 Å². The van der Waals surface area contributed by atoms with Crippen LogP contribution < -0.4 is 30.0 Å². The molecule has 3 aromatic rings. The first-order valence-electron chi connectivity index (χ1n) is 11.3. The van der Waals surface area contributed by atoms with E-state index in [4.69, 9.17) is 19.9 Å². The van der Waals surface area contributed by atoms with Crippen LogP contribution in [0.15, 0.2) is 58.9 Å². The van der Waals surface area contributed by atoms with E-state index in [9.17, 15) is 14.9 Å². The summed E-state index contributed by atoms with van der Waals surface area (Å²) in [6, 6.07) is 16.6. The second-order valence-electron chi connectivity index (χ2n) is 7.81. The minimum absolute atomic E-state index is 0.0303. The van der Waals surface area contributed by atoms with Crippen LogP contribution in [0.3, 0.4) is 0 Å². The van der Waals surface area contributed by atoms with Gasteiger partial charge in [-0.1, -0.05) is 24.3 Å². The quantitative estimate of drug-likeness (QED) is 0.492. The topological polar surface area (TPSA) is 117 Å². The van der Waals surface area contributed by atoms with Gasteiger partial charge in [-0.25, -0.2) is 4.79 Å². The Morgan fingerprint density at radius 2 is 1.83 bits per heavy atom. The van der Waals surface area contributed by atoms with Crippen molar-refractivity contribution in [2.75, 3.05) is 20.3 Å². The number of aromatic nitrogens is 1. The van der Waals surface area contributed by atoms with Gasteiger partial charge in [0.1, 0.15) is 22.0 Å². The Hall–Kier alpha value is -4.29. The number of fused-ring (bicyclic) bond motifs is 1. The Kier molecular flexibility index (Phi) is 7.27. The van der Waals surface area contributed by atoms with Crippen molar-refractivity contribution < 1.29 is 19.0 Å². The summed E-state index contributed by atoms with van der Waals surface area (Å²) in [5, 5.41) is 10.2. The van der Waals surface area contributed by atoms with E-state index in [-0.39, 0.29) is 17.0 Å². The van der Waals surface area contributed by atoms with Gasteiger partial charge in [-0.3, -0.25) is 9.36 Å². The van der Waals surface area contributed by atoms with Gasteiger partial charge < -0.3 is 19.9 Å². The fraction of sp³-hybridized carbons (Fsp3) is 0.222. The molecule has 0 fully saturated rings. The molecule has 8 nitrogen and oxygen atoms in total. The first kappa shape index (κ1) is 24.8. The second kappa shape index (κ2) is 10.5. The number of carbonyl (C=O) groups excluding carboxylic acids is 1. The molecule has 2 aromatic carbocycles. The lowest BCUT2D eigenvalue weighted by atomic mass is 9.83. The number of hydrogen-bond donors (Lipinski definition) is 1. The molecule has 0 spiro atoms. The molecule has 2 heterocycles. The van der Waals surface area contributed by atoms with Crippen molar-refractivity contribution in [2.45, 2.75) is 19.8 Å². The van der Waals surface area contributed by atoms with Crippen LogP contribution in [0.1, 0.15) is 30.9 Å². The number of nitrogens with zero attached hydrogens (tertiary/aromatic N) is 2. The summed E-state index contributed by atoms with van der Waals surface area (Å²) < 4.78 is 18.1. The Labute approximate surface area is 211 Å². The fourth-order valence-electron chi connectivity index (χ4n) is 4.12. The molecule has 0 bridgehead atoms. The fourth-order valence-corrected chi connectivity index (χ4v) is 5.25. The molecule has 0 amide bonds. The normalized spacial score (nSPS) is 15.3. The zero-order chi connectivity index (χ0) is 25.8. The lowest BCUT2D eigenvalue weighted by Gasteiger charge is -2.25. The number of nitriles is 1. The molecule has 1 atom stereocenters. The van der Waals surface area contributed by atoms with Crippen molar-refractivity contribution in [3.63, 3.8) is 0 Å². The number of hydrogen-bond acceptors (Lipinski definition) is 8. The molecule has 0 saturated heterocycles. The van der Waals surface area contributed by atoms with Gasteiger partial charge in [0.2, 0.25) is 0 Å². The van der Waals surface area contributed by atoms with E-state index in [1.807, 2.05) is 38.1 Å². The van der Waals surface area contributed by atoms with Crippen molar-refractivity contribution in [2.24, 2.45) is 5.73 Å². The number of rotatable bonds is 7. The number of ether oxygens (including phenoxy) is 3. The molecule has 1 aliphatic heterocycles. The van der Waals surface area contributed by atoms with Gasteiger partial charge in [0, 0.05) is 0 Å². The van der Waals surface area contributed by atoms with Crippen molar-refractivity contribution in [1.82, 2.24) is 4.57 Å². The third-order valence-electron chi connectivity index (χ3n) is 5.67. The average molecular weight is 504 g/mol. The van der Waals surface area contributed by atoms with Gasteiger partial charge in [0.25, 0.3) is 5.56 Å². The van der Waals surface area contributed by atoms with Crippen LogP contribution in [0, 0.1) is 11.3 Å². The summed E-state index contributed by atoms with van der Waals surface area (Å²) in [7, 11) is 1.24. The highest BCUT2D eigenvalue weighted by molar-refractivity contribution is 7.07. The first-order valence-corrected chi connectivity index (χ1v) is 12.2. The molecular formula is C27H25N3O5S. The van der Waals surface area contributed by atoms with Crippen LogP contribution in [0.4, 0.5) is 0 Å². The smallest absolute Gasteiger partial charge is 0.338 e. The molecule has 2 N–H and O–H groups in total. The summed E-state index contributed by atoms with van der Waals surface area (Å²) in [6.07, 6.45) is 1.72. The molecule has 184 valence electrons. The molecule has 9 heteroatoms. The SMILES string of the molecule is CCOc1ccc(/C=c2/sc3n(c2=O)C(N)=C(C(=O)OC)[C@@H](c2cccc(OCC)c2)C=3C#N)cc1. The Morgan fingerprint density at radius 1 is 1.14 bits per heavy atom. The van der Waals surface area contributed by atoms with Crippen LogP contribution in [0.25, 0.3) is 17.5 Å². The molecule has 1 aromatic heterocycles. The van der Waals surface area contributed by atoms with E-state index >= 15 is 0 Å². The lowest BCUT2D eigenvalue weighted by Crippen LogP contribution is -2.40. The summed E-state index contributed by atoms with van der Waals surface area (Å²) in [4.78, 5) is 26.3. The zero-order valence-electron chi connectivity index (χ0n) is 20.1. The molecule has 4 rings (SSSR count). The molecule has 0 unspecified atom stereocenters. The molecular weight excluding hydrogens is 478 g/mol. The summed E-state index contributed by atoms with van der Waals surface area (Å²) in [5.41, 5.74) is 7.68. The highest BCUT2D eigenvalue weighted by Gasteiger charge is 2.36. The van der Waals surface area contributed by atoms with E-state index < -0.39 is 17.4 Å². The highest BCUT2D eigenvalue weighted by Crippen LogP contribution is 2.37. The van der Waals surface area contributed by atoms with E-state index in [0.717, 1.165) is 22.6 Å². The van der Waals surface area contributed by atoms with Gasteiger partial charge in [-0.2, -0.15) is 5.26 Å². The highest BCUT2D eigenvalue weighted by atomic mass is 32.1. The van der Waals surface area contributed by atoms with Crippen molar-refractivity contribution >= 4 is 34.8 Å². The number of nitrogens with two attached hydrogens (primary N) is 1. The second-order valence-corrected chi connectivity index (χ2v) is 8.84. The van der Waals surface area contributed by atoms with E-state index in [1.165, 1.54) is 11.7 Å². The predicted molar refractivity (Wildman–Crippen MR) is 138 cm³/mol. The molecule has 0 radical (unpaired) electrons. The van der Waals surface area contributed by atoms with Crippen LogP contribution in [-0.4, -0.2) is 30.9 Å². The van der Waals surface area contributed by atoms with Crippen LogP contribution in [0.5, 0.6) is 11.5 Å². The van der Waals surface area contributed by atoms with Crippen LogP contribution >= 0.6 is 11.3 Å². The zero-order valence-corrected chi connectivity index (χ0v) is 20.9. The largest absolute Gasteiger partial charge is 0.494 e. The Morgan fingerprint density at radius 3 is 2.47 bits per heavy atom. The minimum Gasteiger partial charge on any atom is -0.494 e. The Balaban J connectivity index is 1.97. The first-order chi connectivity index (χ1) is 17.4. The van der Waals surface area contributed by atoms with Crippen LogP contribution in [-0.2, 0) is 9.53 Å². The minimum atomic E-state index is -0.820. The average Bonchev–Trinajstić information content (AvgIpc) is 3.21. The number of benzene rings is 2. The van der Waals surface area contributed by atoms with Crippen molar-refractivity contribution in [1.29, 1.82) is 5.26 Å². The maximum Gasteiger partial charge on any atom is 0.338 e. The third kappa shape index (κ3) is 4.51. The van der Waals surface area contributed by atoms with E-state index in [1.54, 1.807) is 30.3 Å². The van der Waals surface area contributed by atoms with Gasteiger partial charge in [0.05, 0.1) is 48.0 Å². The lowest BCUT2D eigenvalue weighted by molar-refractivity contribution is -0.136. The molecule has 0 aliphatic carbocycles. The van der Waals surface area contributed by atoms with Gasteiger partial charge in [-0.05, 0) is 55.3 Å². The van der Waals surface area contributed by atoms with Gasteiger partial charge in [0.15, 0.2) is 0 Å². The number of methoxy groups -OCH3 is 1. The molecule has 1 aliphatic rings. The van der Waals surface area contributed by atoms with Crippen LogP contribution in [0.2, 0.25) is 0 Å².